The molecule has 21 heavy (non-hydrogen) atoms. The van der Waals surface area contributed by atoms with Gasteiger partial charge in [0.1, 0.15) is 0 Å². The topological polar surface area (TPSA) is 29.1 Å². The van der Waals surface area contributed by atoms with Gasteiger partial charge in [-0.05, 0) is 35.6 Å². The van der Waals surface area contributed by atoms with Crippen molar-refractivity contribution in [1.82, 2.24) is 0 Å². The lowest BCUT2D eigenvalue weighted by Crippen LogP contribution is -2.16. The Hall–Kier alpha value is -1.80. The average molecular weight is 302 g/mol. The molecule has 0 heterocycles. The van der Waals surface area contributed by atoms with Gasteiger partial charge in [-0.1, -0.05) is 61.8 Å². The number of benzene rings is 2. The molecule has 0 aliphatic rings. The Kier molecular flexibility index (Phi) is 5.40. The zero-order valence-electron chi connectivity index (χ0n) is 12.4. The predicted octanol–water partition coefficient (Wildman–Crippen LogP) is 5.03. The van der Waals surface area contributed by atoms with E-state index in [9.17, 15) is 4.79 Å². The second-order valence-electron chi connectivity index (χ2n) is 5.21. The lowest BCUT2D eigenvalue weighted by Gasteiger charge is -2.15. The molecule has 0 aromatic heterocycles. The monoisotopic (exact) mass is 301 g/mol. The molecule has 2 aromatic rings. The fraction of sp³-hybridized carbons (Fsp3) is 0.278. The van der Waals surface area contributed by atoms with E-state index in [1.807, 2.05) is 36.4 Å². The first-order chi connectivity index (χ1) is 10.1. The molecule has 2 rings (SSSR count). The number of hydrogen-bond acceptors (Lipinski definition) is 1. The van der Waals surface area contributed by atoms with E-state index in [0.717, 1.165) is 17.7 Å². The first kappa shape index (κ1) is 15.6. The van der Waals surface area contributed by atoms with Gasteiger partial charge >= 0.3 is 0 Å². The van der Waals surface area contributed by atoms with Gasteiger partial charge in [0.05, 0.1) is 6.42 Å². The first-order valence-electron chi connectivity index (χ1n) is 7.24. The van der Waals surface area contributed by atoms with Crippen molar-refractivity contribution in [2.24, 2.45) is 0 Å². The van der Waals surface area contributed by atoms with Crippen molar-refractivity contribution in [2.45, 2.75) is 32.6 Å². The van der Waals surface area contributed by atoms with E-state index >= 15 is 0 Å². The Balaban J connectivity index is 2.12. The summed E-state index contributed by atoms with van der Waals surface area (Å²) >= 11 is 6.10. The van der Waals surface area contributed by atoms with Crippen LogP contribution in [0.25, 0.3) is 0 Å². The van der Waals surface area contributed by atoms with Gasteiger partial charge in [-0.2, -0.15) is 0 Å². The second-order valence-corrected chi connectivity index (χ2v) is 5.62. The minimum Gasteiger partial charge on any atom is -0.326 e. The Morgan fingerprint density at radius 1 is 1.14 bits per heavy atom. The Bertz CT molecular complexity index is 624. The number of carbonyl (C=O) groups is 1. The van der Waals surface area contributed by atoms with Crippen LogP contribution in [-0.2, 0) is 11.2 Å². The number of amides is 1. The normalized spacial score (nSPS) is 12.0. The number of carbonyl (C=O) groups excluding carboxylic acids is 1. The van der Waals surface area contributed by atoms with Crippen molar-refractivity contribution in [3.05, 3.63) is 64.7 Å². The average Bonchev–Trinajstić information content (AvgIpc) is 2.49. The highest BCUT2D eigenvalue weighted by Gasteiger charge is 2.12. The van der Waals surface area contributed by atoms with Crippen LogP contribution >= 0.6 is 11.6 Å². The van der Waals surface area contributed by atoms with Crippen LogP contribution in [0.15, 0.2) is 48.5 Å². The molecular weight excluding hydrogens is 282 g/mol. The van der Waals surface area contributed by atoms with Crippen molar-refractivity contribution < 1.29 is 4.79 Å². The number of nitrogens with one attached hydrogen (secondary N) is 1. The summed E-state index contributed by atoms with van der Waals surface area (Å²) in [5.41, 5.74) is 2.91. The molecule has 3 heteroatoms. The summed E-state index contributed by atoms with van der Waals surface area (Å²) in [6.45, 7) is 4.31. The van der Waals surface area contributed by atoms with Gasteiger partial charge in [0.2, 0.25) is 5.91 Å². The van der Waals surface area contributed by atoms with Crippen molar-refractivity contribution in [3.8, 4) is 0 Å². The van der Waals surface area contributed by atoms with Crippen molar-refractivity contribution in [2.75, 3.05) is 5.32 Å². The van der Waals surface area contributed by atoms with E-state index < -0.39 is 0 Å². The van der Waals surface area contributed by atoms with Crippen LogP contribution in [0.2, 0.25) is 5.02 Å². The van der Waals surface area contributed by atoms with Gasteiger partial charge in [0.15, 0.2) is 0 Å². The van der Waals surface area contributed by atoms with Gasteiger partial charge in [-0.25, -0.2) is 0 Å². The largest absolute Gasteiger partial charge is 0.326 e. The first-order valence-corrected chi connectivity index (χ1v) is 7.61. The lowest BCUT2D eigenvalue weighted by molar-refractivity contribution is -0.115. The van der Waals surface area contributed by atoms with Crippen molar-refractivity contribution in [1.29, 1.82) is 0 Å². The van der Waals surface area contributed by atoms with Gasteiger partial charge in [0, 0.05) is 10.7 Å². The minimum absolute atomic E-state index is 0.0427. The van der Waals surface area contributed by atoms with Crippen LogP contribution in [0.4, 0.5) is 5.69 Å². The maximum absolute atomic E-state index is 12.2. The predicted molar refractivity (Wildman–Crippen MR) is 88.9 cm³/mol. The second kappa shape index (κ2) is 7.28. The molecular formula is C18H20ClNO. The molecule has 0 aliphatic heterocycles. The smallest absolute Gasteiger partial charge is 0.228 e. The summed E-state index contributed by atoms with van der Waals surface area (Å²) in [4.78, 5) is 12.2. The molecule has 1 amide bonds. The minimum atomic E-state index is -0.0427. The number of halogens is 1. The molecule has 0 saturated heterocycles. The molecule has 1 atom stereocenters. The number of para-hydroxylation sites is 1. The molecule has 0 bridgehead atoms. The molecule has 0 radical (unpaired) electrons. The maximum atomic E-state index is 12.2. The van der Waals surface area contributed by atoms with Gasteiger partial charge < -0.3 is 5.32 Å². The van der Waals surface area contributed by atoms with Crippen LogP contribution in [-0.4, -0.2) is 5.91 Å². The summed E-state index contributed by atoms with van der Waals surface area (Å²) < 4.78 is 0. The van der Waals surface area contributed by atoms with Gasteiger partial charge in [-0.3, -0.25) is 4.79 Å². The Labute approximate surface area is 131 Å². The SMILES string of the molecule is CC[C@H](C)c1ccccc1NC(=O)Cc1ccccc1Cl. The maximum Gasteiger partial charge on any atom is 0.228 e. The van der Waals surface area contributed by atoms with E-state index in [1.54, 1.807) is 6.07 Å². The summed E-state index contributed by atoms with van der Waals surface area (Å²) in [5, 5.41) is 3.63. The molecule has 1 N–H and O–H groups in total. The highest BCUT2D eigenvalue weighted by atomic mass is 35.5. The molecule has 2 aromatic carbocycles. The third-order valence-electron chi connectivity index (χ3n) is 3.69. The summed E-state index contributed by atoms with van der Waals surface area (Å²) in [6.07, 6.45) is 1.33. The van der Waals surface area contributed by atoms with E-state index in [4.69, 9.17) is 11.6 Å². The quantitative estimate of drug-likeness (QED) is 0.824. The highest BCUT2D eigenvalue weighted by Crippen LogP contribution is 2.26. The van der Waals surface area contributed by atoms with E-state index in [2.05, 4.69) is 25.2 Å². The van der Waals surface area contributed by atoms with Crippen molar-refractivity contribution in [3.63, 3.8) is 0 Å². The zero-order valence-corrected chi connectivity index (χ0v) is 13.2. The number of anilines is 1. The molecule has 0 unspecified atom stereocenters. The van der Waals surface area contributed by atoms with E-state index in [0.29, 0.717) is 10.9 Å². The highest BCUT2D eigenvalue weighted by molar-refractivity contribution is 6.31. The van der Waals surface area contributed by atoms with Crippen LogP contribution in [0, 0.1) is 0 Å². The summed E-state index contributed by atoms with van der Waals surface area (Å²) in [5.74, 6) is 0.376. The van der Waals surface area contributed by atoms with Gasteiger partial charge in [0.25, 0.3) is 0 Å². The van der Waals surface area contributed by atoms with Crippen LogP contribution in [0.1, 0.15) is 37.3 Å². The number of rotatable bonds is 5. The Morgan fingerprint density at radius 2 is 1.81 bits per heavy atom. The molecule has 110 valence electrons. The van der Waals surface area contributed by atoms with E-state index in [-0.39, 0.29) is 12.3 Å². The van der Waals surface area contributed by atoms with Crippen molar-refractivity contribution >= 4 is 23.2 Å². The third-order valence-corrected chi connectivity index (χ3v) is 4.06. The molecule has 0 fully saturated rings. The summed E-state index contributed by atoms with van der Waals surface area (Å²) in [6, 6.07) is 15.4. The molecule has 2 nitrogen and oxygen atoms in total. The van der Waals surface area contributed by atoms with E-state index in [1.165, 1.54) is 5.56 Å². The molecule has 0 spiro atoms. The lowest BCUT2D eigenvalue weighted by atomic mass is 9.97. The number of hydrogen-bond donors (Lipinski definition) is 1. The van der Waals surface area contributed by atoms with Gasteiger partial charge in [-0.15, -0.1) is 0 Å². The fourth-order valence-corrected chi connectivity index (χ4v) is 2.47. The Morgan fingerprint density at radius 3 is 2.52 bits per heavy atom. The third kappa shape index (κ3) is 4.08. The van der Waals surface area contributed by atoms with Crippen LogP contribution < -0.4 is 5.32 Å². The van der Waals surface area contributed by atoms with Crippen LogP contribution in [0.5, 0.6) is 0 Å². The fourth-order valence-electron chi connectivity index (χ4n) is 2.27. The van der Waals surface area contributed by atoms with Crippen LogP contribution in [0.3, 0.4) is 0 Å². The molecule has 0 aliphatic carbocycles. The standard InChI is InChI=1S/C18H20ClNO/c1-3-13(2)15-9-5-7-11-17(15)20-18(21)12-14-8-4-6-10-16(14)19/h4-11,13H,3,12H2,1-2H3,(H,20,21)/t13-/m0/s1. The zero-order chi connectivity index (χ0) is 15.2. The summed E-state index contributed by atoms with van der Waals surface area (Å²) in [7, 11) is 0. The molecule has 0 saturated carbocycles.